The Kier molecular flexibility index (Phi) is 5.22. The fourth-order valence-electron chi connectivity index (χ4n) is 2.28. The zero-order chi connectivity index (χ0) is 12.0. The molecule has 1 fully saturated rings. The van der Waals surface area contributed by atoms with Crippen molar-refractivity contribution in [1.29, 1.82) is 0 Å². The first kappa shape index (κ1) is 13.5. The first-order valence-corrected chi connectivity index (χ1v) is 6.29. The summed E-state index contributed by atoms with van der Waals surface area (Å²) in [7, 11) is 0. The highest BCUT2D eigenvalue weighted by atomic mass is 16.3. The second-order valence-electron chi connectivity index (χ2n) is 4.92. The third-order valence-electron chi connectivity index (χ3n) is 3.49. The van der Waals surface area contributed by atoms with Gasteiger partial charge >= 0.3 is 0 Å². The molecule has 16 heavy (non-hydrogen) atoms. The Bertz CT molecular complexity index is 225. The first-order chi connectivity index (χ1) is 7.62. The number of nitrogens with two attached hydrogens (primary N) is 1. The molecule has 0 aromatic heterocycles. The van der Waals surface area contributed by atoms with Crippen molar-refractivity contribution in [3.63, 3.8) is 0 Å². The Labute approximate surface area is 97.6 Å². The van der Waals surface area contributed by atoms with Crippen molar-refractivity contribution in [1.82, 2.24) is 5.32 Å². The van der Waals surface area contributed by atoms with E-state index in [4.69, 9.17) is 5.73 Å². The molecule has 0 radical (unpaired) electrons. The Morgan fingerprint density at radius 1 is 1.44 bits per heavy atom. The quantitative estimate of drug-likeness (QED) is 0.655. The van der Waals surface area contributed by atoms with Crippen molar-refractivity contribution in [3.8, 4) is 0 Å². The Hall–Kier alpha value is -0.610. The molecule has 1 rings (SSSR count). The Balaban J connectivity index is 2.45. The van der Waals surface area contributed by atoms with Gasteiger partial charge in [-0.05, 0) is 19.3 Å². The van der Waals surface area contributed by atoms with Gasteiger partial charge in [-0.25, -0.2) is 0 Å². The SMILES string of the molecule is CCC(N)CC(=O)NC1(CO)CCCCC1. The summed E-state index contributed by atoms with van der Waals surface area (Å²) in [5.41, 5.74) is 5.37. The van der Waals surface area contributed by atoms with Crippen LogP contribution in [0.4, 0.5) is 0 Å². The molecule has 0 aliphatic heterocycles. The molecule has 94 valence electrons. The van der Waals surface area contributed by atoms with Crippen LogP contribution < -0.4 is 11.1 Å². The van der Waals surface area contributed by atoms with E-state index in [2.05, 4.69) is 5.32 Å². The first-order valence-electron chi connectivity index (χ1n) is 6.29. The predicted molar refractivity (Wildman–Crippen MR) is 63.9 cm³/mol. The highest BCUT2D eigenvalue weighted by Crippen LogP contribution is 2.27. The molecule has 0 saturated heterocycles. The number of aliphatic hydroxyl groups is 1. The van der Waals surface area contributed by atoms with Crippen LogP contribution in [0.5, 0.6) is 0 Å². The number of hydrogen-bond donors (Lipinski definition) is 3. The lowest BCUT2D eigenvalue weighted by Gasteiger charge is -2.36. The minimum absolute atomic E-state index is 0.0229. The third kappa shape index (κ3) is 3.76. The monoisotopic (exact) mass is 228 g/mol. The van der Waals surface area contributed by atoms with E-state index in [9.17, 15) is 9.90 Å². The fourth-order valence-corrected chi connectivity index (χ4v) is 2.28. The zero-order valence-electron chi connectivity index (χ0n) is 10.2. The predicted octanol–water partition coefficient (Wildman–Crippen LogP) is 0.925. The summed E-state index contributed by atoms with van der Waals surface area (Å²) in [4.78, 5) is 11.7. The molecule has 4 N–H and O–H groups in total. The summed E-state index contributed by atoms with van der Waals surface area (Å²) in [6, 6.07) is -0.0701. The summed E-state index contributed by atoms with van der Waals surface area (Å²) in [5.74, 6) is -0.0229. The van der Waals surface area contributed by atoms with E-state index in [1.807, 2.05) is 6.92 Å². The minimum Gasteiger partial charge on any atom is -0.394 e. The van der Waals surface area contributed by atoms with E-state index >= 15 is 0 Å². The van der Waals surface area contributed by atoms with Gasteiger partial charge in [-0.3, -0.25) is 4.79 Å². The van der Waals surface area contributed by atoms with Gasteiger partial charge in [0.2, 0.25) is 5.91 Å². The lowest BCUT2D eigenvalue weighted by molar-refractivity contribution is -0.124. The third-order valence-corrected chi connectivity index (χ3v) is 3.49. The molecule has 1 aliphatic carbocycles. The van der Waals surface area contributed by atoms with Crippen molar-refractivity contribution < 1.29 is 9.90 Å². The number of aliphatic hydroxyl groups excluding tert-OH is 1. The number of amides is 1. The molecule has 0 aromatic carbocycles. The van der Waals surface area contributed by atoms with Crippen molar-refractivity contribution in [2.45, 2.75) is 63.5 Å². The summed E-state index contributed by atoms with van der Waals surface area (Å²) in [6.07, 6.45) is 6.30. The molecule has 4 nitrogen and oxygen atoms in total. The van der Waals surface area contributed by atoms with Crippen LogP contribution in [0.1, 0.15) is 51.9 Å². The maximum atomic E-state index is 11.7. The highest BCUT2D eigenvalue weighted by molar-refractivity contribution is 5.77. The van der Waals surface area contributed by atoms with Gasteiger partial charge in [0.05, 0.1) is 12.1 Å². The number of carbonyl (C=O) groups excluding carboxylic acids is 1. The molecule has 1 amide bonds. The number of nitrogens with one attached hydrogen (secondary N) is 1. The van der Waals surface area contributed by atoms with Crippen LogP contribution >= 0.6 is 0 Å². The van der Waals surface area contributed by atoms with Crippen LogP contribution in [-0.4, -0.2) is 29.2 Å². The van der Waals surface area contributed by atoms with Gasteiger partial charge in [0.25, 0.3) is 0 Å². The van der Waals surface area contributed by atoms with Gasteiger partial charge < -0.3 is 16.2 Å². The second kappa shape index (κ2) is 6.21. The minimum atomic E-state index is -0.372. The normalized spacial score (nSPS) is 21.4. The number of carbonyl (C=O) groups is 1. The van der Waals surface area contributed by atoms with Crippen molar-refractivity contribution in [3.05, 3.63) is 0 Å². The maximum Gasteiger partial charge on any atom is 0.222 e. The number of rotatable bonds is 5. The van der Waals surface area contributed by atoms with Gasteiger partial charge in [-0.2, -0.15) is 0 Å². The smallest absolute Gasteiger partial charge is 0.222 e. The van der Waals surface area contributed by atoms with Gasteiger partial charge in [-0.15, -0.1) is 0 Å². The summed E-state index contributed by atoms with van der Waals surface area (Å²) in [5, 5.41) is 12.4. The van der Waals surface area contributed by atoms with E-state index in [0.717, 1.165) is 32.1 Å². The second-order valence-corrected chi connectivity index (χ2v) is 4.92. The molecule has 1 aliphatic rings. The number of hydrogen-bond acceptors (Lipinski definition) is 3. The lowest BCUT2D eigenvalue weighted by atomic mass is 9.82. The summed E-state index contributed by atoms with van der Waals surface area (Å²) >= 11 is 0. The Morgan fingerprint density at radius 2 is 2.06 bits per heavy atom. The van der Waals surface area contributed by atoms with E-state index in [1.54, 1.807) is 0 Å². The van der Waals surface area contributed by atoms with Crippen LogP contribution in [0.3, 0.4) is 0 Å². The van der Waals surface area contributed by atoms with Crippen molar-refractivity contribution in [2.24, 2.45) is 5.73 Å². The Morgan fingerprint density at radius 3 is 2.56 bits per heavy atom. The lowest BCUT2D eigenvalue weighted by Crippen LogP contribution is -2.53. The van der Waals surface area contributed by atoms with Crippen LogP contribution in [0.2, 0.25) is 0 Å². The highest BCUT2D eigenvalue weighted by Gasteiger charge is 2.32. The molecular formula is C12H24N2O2. The van der Waals surface area contributed by atoms with Gasteiger partial charge in [0, 0.05) is 12.5 Å². The largest absolute Gasteiger partial charge is 0.394 e. The van der Waals surface area contributed by atoms with E-state index in [-0.39, 0.29) is 24.1 Å². The topological polar surface area (TPSA) is 75.4 Å². The van der Waals surface area contributed by atoms with E-state index in [1.165, 1.54) is 6.42 Å². The molecular weight excluding hydrogens is 204 g/mol. The fraction of sp³-hybridized carbons (Fsp3) is 0.917. The summed E-state index contributed by atoms with van der Waals surface area (Å²) < 4.78 is 0. The molecule has 0 spiro atoms. The molecule has 0 heterocycles. The van der Waals surface area contributed by atoms with Crippen LogP contribution in [0.15, 0.2) is 0 Å². The van der Waals surface area contributed by atoms with Gasteiger partial charge in [0.1, 0.15) is 0 Å². The van der Waals surface area contributed by atoms with Gasteiger partial charge in [-0.1, -0.05) is 26.2 Å². The average Bonchev–Trinajstić information content (AvgIpc) is 2.29. The molecule has 4 heteroatoms. The van der Waals surface area contributed by atoms with Crippen LogP contribution in [0, 0.1) is 0 Å². The average molecular weight is 228 g/mol. The van der Waals surface area contributed by atoms with Gasteiger partial charge in [0.15, 0.2) is 0 Å². The van der Waals surface area contributed by atoms with Crippen molar-refractivity contribution in [2.75, 3.05) is 6.61 Å². The molecule has 1 saturated carbocycles. The van der Waals surface area contributed by atoms with E-state index < -0.39 is 0 Å². The summed E-state index contributed by atoms with van der Waals surface area (Å²) in [6.45, 7) is 2.01. The van der Waals surface area contributed by atoms with Crippen molar-refractivity contribution >= 4 is 5.91 Å². The maximum absolute atomic E-state index is 11.7. The van der Waals surface area contributed by atoms with E-state index in [0.29, 0.717) is 6.42 Å². The van der Waals surface area contributed by atoms with Crippen LogP contribution in [0.25, 0.3) is 0 Å². The molecule has 0 aromatic rings. The zero-order valence-corrected chi connectivity index (χ0v) is 10.2. The molecule has 1 atom stereocenters. The molecule has 0 bridgehead atoms. The standard InChI is InChI=1S/C12H24N2O2/c1-2-10(13)8-11(16)14-12(9-15)6-4-3-5-7-12/h10,15H,2-9,13H2,1H3,(H,14,16). The molecule has 1 unspecified atom stereocenters. The van der Waals surface area contributed by atoms with Crippen LogP contribution in [-0.2, 0) is 4.79 Å².